The SMILES string of the molecule is O=C(C1CCCCN1c1ncc(Cl)cn1)N1CCOCC1. The lowest BCUT2D eigenvalue weighted by atomic mass is 10.0. The lowest BCUT2D eigenvalue weighted by molar-refractivity contribution is -0.137. The zero-order valence-corrected chi connectivity index (χ0v) is 12.6. The molecule has 6 nitrogen and oxygen atoms in total. The summed E-state index contributed by atoms with van der Waals surface area (Å²) in [4.78, 5) is 25.2. The van der Waals surface area contributed by atoms with Gasteiger partial charge in [0.1, 0.15) is 6.04 Å². The number of nitrogens with zero attached hydrogens (tertiary/aromatic N) is 4. The van der Waals surface area contributed by atoms with E-state index >= 15 is 0 Å². The summed E-state index contributed by atoms with van der Waals surface area (Å²) in [5, 5.41) is 0.506. The molecular weight excluding hydrogens is 292 g/mol. The van der Waals surface area contributed by atoms with Crippen molar-refractivity contribution >= 4 is 23.5 Å². The Morgan fingerprint density at radius 1 is 1.19 bits per heavy atom. The van der Waals surface area contributed by atoms with Crippen molar-refractivity contribution in [2.24, 2.45) is 0 Å². The first-order valence-electron chi connectivity index (χ1n) is 7.36. The number of carbonyl (C=O) groups excluding carboxylic acids is 1. The molecule has 1 aromatic heterocycles. The number of anilines is 1. The maximum Gasteiger partial charge on any atom is 0.245 e. The quantitative estimate of drug-likeness (QED) is 0.825. The Bertz CT molecular complexity index is 490. The third-order valence-corrected chi connectivity index (χ3v) is 4.17. The van der Waals surface area contributed by atoms with Crippen LogP contribution in [0, 0.1) is 0 Å². The van der Waals surface area contributed by atoms with Crippen LogP contribution < -0.4 is 4.90 Å². The van der Waals surface area contributed by atoms with E-state index in [0.29, 0.717) is 37.3 Å². The molecule has 0 N–H and O–H groups in total. The average molecular weight is 311 g/mol. The maximum absolute atomic E-state index is 12.8. The number of carbonyl (C=O) groups is 1. The first kappa shape index (κ1) is 14.5. The van der Waals surface area contributed by atoms with Gasteiger partial charge in [0.2, 0.25) is 11.9 Å². The summed E-state index contributed by atoms with van der Waals surface area (Å²) in [7, 11) is 0. The van der Waals surface area contributed by atoms with Crippen LogP contribution in [0.4, 0.5) is 5.95 Å². The highest BCUT2D eigenvalue weighted by atomic mass is 35.5. The van der Waals surface area contributed by atoms with Crippen molar-refractivity contribution in [2.75, 3.05) is 37.7 Å². The predicted octanol–water partition coefficient (Wildman–Crippen LogP) is 1.35. The number of aromatic nitrogens is 2. The first-order chi connectivity index (χ1) is 10.3. The molecule has 1 unspecified atom stereocenters. The number of hydrogen-bond donors (Lipinski definition) is 0. The van der Waals surface area contributed by atoms with E-state index in [1.165, 1.54) is 0 Å². The van der Waals surface area contributed by atoms with Gasteiger partial charge >= 0.3 is 0 Å². The molecule has 7 heteroatoms. The average Bonchev–Trinajstić information content (AvgIpc) is 2.56. The van der Waals surface area contributed by atoms with Crippen LogP contribution in [-0.2, 0) is 9.53 Å². The van der Waals surface area contributed by atoms with E-state index in [0.717, 1.165) is 25.8 Å². The molecular formula is C14H19ClN4O2. The molecule has 3 heterocycles. The molecule has 21 heavy (non-hydrogen) atoms. The van der Waals surface area contributed by atoms with Crippen LogP contribution in [-0.4, -0.2) is 59.7 Å². The summed E-state index contributed by atoms with van der Waals surface area (Å²) in [6.45, 7) is 3.39. The normalized spacial score (nSPS) is 23.2. The molecule has 2 aliphatic rings. The van der Waals surface area contributed by atoms with Gasteiger partial charge in [-0.05, 0) is 19.3 Å². The molecule has 1 aromatic rings. The Kier molecular flexibility index (Phi) is 4.55. The fourth-order valence-electron chi connectivity index (χ4n) is 2.88. The minimum absolute atomic E-state index is 0.163. The van der Waals surface area contributed by atoms with Crippen LogP contribution in [0.15, 0.2) is 12.4 Å². The topological polar surface area (TPSA) is 58.6 Å². The minimum Gasteiger partial charge on any atom is -0.378 e. The van der Waals surface area contributed by atoms with Crippen molar-refractivity contribution in [3.63, 3.8) is 0 Å². The van der Waals surface area contributed by atoms with Gasteiger partial charge in [-0.2, -0.15) is 0 Å². The fourth-order valence-corrected chi connectivity index (χ4v) is 2.97. The van der Waals surface area contributed by atoms with Gasteiger partial charge in [-0.3, -0.25) is 4.79 Å². The molecule has 0 saturated carbocycles. The van der Waals surface area contributed by atoms with Crippen molar-refractivity contribution in [1.29, 1.82) is 0 Å². The summed E-state index contributed by atoms with van der Waals surface area (Å²) in [5.74, 6) is 0.752. The summed E-state index contributed by atoms with van der Waals surface area (Å²) < 4.78 is 5.32. The van der Waals surface area contributed by atoms with Crippen LogP contribution in [0.5, 0.6) is 0 Å². The van der Waals surface area contributed by atoms with Crippen LogP contribution in [0.25, 0.3) is 0 Å². The highest BCUT2D eigenvalue weighted by molar-refractivity contribution is 6.30. The minimum atomic E-state index is -0.168. The number of amides is 1. The van der Waals surface area contributed by atoms with Gasteiger partial charge in [0.05, 0.1) is 30.6 Å². The van der Waals surface area contributed by atoms with E-state index in [2.05, 4.69) is 9.97 Å². The largest absolute Gasteiger partial charge is 0.378 e. The second-order valence-corrected chi connectivity index (χ2v) is 5.78. The molecule has 0 radical (unpaired) electrons. The number of hydrogen-bond acceptors (Lipinski definition) is 5. The van der Waals surface area contributed by atoms with E-state index in [-0.39, 0.29) is 11.9 Å². The maximum atomic E-state index is 12.8. The predicted molar refractivity (Wildman–Crippen MR) is 79.4 cm³/mol. The summed E-state index contributed by atoms with van der Waals surface area (Å²) >= 11 is 5.84. The van der Waals surface area contributed by atoms with Gasteiger partial charge in [0.15, 0.2) is 0 Å². The number of morpholine rings is 1. The summed E-state index contributed by atoms with van der Waals surface area (Å²) in [6.07, 6.45) is 6.12. The highest BCUT2D eigenvalue weighted by Gasteiger charge is 2.33. The van der Waals surface area contributed by atoms with Crippen molar-refractivity contribution in [2.45, 2.75) is 25.3 Å². The Balaban J connectivity index is 1.77. The van der Waals surface area contributed by atoms with E-state index < -0.39 is 0 Å². The van der Waals surface area contributed by atoms with Gasteiger partial charge in [-0.25, -0.2) is 9.97 Å². The van der Waals surface area contributed by atoms with Gasteiger partial charge in [-0.1, -0.05) is 11.6 Å². The molecule has 0 aromatic carbocycles. The van der Waals surface area contributed by atoms with Crippen LogP contribution in [0.2, 0.25) is 5.02 Å². The third-order valence-electron chi connectivity index (χ3n) is 3.97. The molecule has 114 valence electrons. The molecule has 0 aliphatic carbocycles. The molecule has 0 bridgehead atoms. The summed E-state index contributed by atoms with van der Waals surface area (Å²) in [5.41, 5.74) is 0. The molecule has 3 rings (SSSR count). The summed E-state index contributed by atoms with van der Waals surface area (Å²) in [6, 6.07) is -0.168. The number of rotatable bonds is 2. The van der Waals surface area contributed by atoms with E-state index in [9.17, 15) is 4.79 Å². The van der Waals surface area contributed by atoms with Gasteiger partial charge in [-0.15, -0.1) is 0 Å². The van der Waals surface area contributed by atoms with Gasteiger partial charge < -0.3 is 14.5 Å². The lowest BCUT2D eigenvalue weighted by Gasteiger charge is -2.38. The Morgan fingerprint density at radius 3 is 2.62 bits per heavy atom. The number of piperidine rings is 1. The van der Waals surface area contributed by atoms with Crippen LogP contribution in [0.3, 0.4) is 0 Å². The zero-order chi connectivity index (χ0) is 14.7. The number of halogens is 1. The molecule has 1 atom stereocenters. The van der Waals surface area contributed by atoms with E-state index in [4.69, 9.17) is 16.3 Å². The highest BCUT2D eigenvalue weighted by Crippen LogP contribution is 2.24. The Hall–Kier alpha value is -1.40. The second-order valence-electron chi connectivity index (χ2n) is 5.34. The smallest absolute Gasteiger partial charge is 0.245 e. The monoisotopic (exact) mass is 310 g/mol. The van der Waals surface area contributed by atoms with Crippen molar-refractivity contribution in [3.8, 4) is 0 Å². The molecule has 1 amide bonds. The van der Waals surface area contributed by atoms with Crippen molar-refractivity contribution in [3.05, 3.63) is 17.4 Å². The van der Waals surface area contributed by atoms with Crippen LogP contribution >= 0.6 is 11.6 Å². The molecule has 2 fully saturated rings. The lowest BCUT2D eigenvalue weighted by Crippen LogP contribution is -2.54. The Labute approximate surface area is 129 Å². The van der Waals surface area contributed by atoms with Crippen molar-refractivity contribution < 1.29 is 9.53 Å². The first-order valence-corrected chi connectivity index (χ1v) is 7.74. The van der Waals surface area contributed by atoms with Crippen molar-refractivity contribution in [1.82, 2.24) is 14.9 Å². The number of ether oxygens (including phenoxy) is 1. The fraction of sp³-hybridized carbons (Fsp3) is 0.643. The van der Waals surface area contributed by atoms with Crippen LogP contribution in [0.1, 0.15) is 19.3 Å². The Morgan fingerprint density at radius 2 is 1.90 bits per heavy atom. The van der Waals surface area contributed by atoms with E-state index in [1.807, 2.05) is 9.80 Å². The van der Waals surface area contributed by atoms with Gasteiger partial charge in [0.25, 0.3) is 0 Å². The third kappa shape index (κ3) is 3.27. The molecule has 2 aliphatic heterocycles. The standard InChI is InChI=1S/C14H19ClN4O2/c15-11-9-16-14(17-10-11)19-4-2-1-3-12(19)13(20)18-5-7-21-8-6-18/h9-10,12H,1-8H2. The second kappa shape index (κ2) is 6.58. The van der Waals surface area contributed by atoms with E-state index in [1.54, 1.807) is 12.4 Å². The van der Waals surface area contributed by atoms with Gasteiger partial charge in [0, 0.05) is 19.6 Å². The molecule has 0 spiro atoms. The zero-order valence-electron chi connectivity index (χ0n) is 11.9. The molecule has 2 saturated heterocycles.